The Morgan fingerprint density at radius 1 is 0.812 bits per heavy atom. The quantitative estimate of drug-likeness (QED) is 0.461. The topological polar surface area (TPSA) is 39.7 Å². The molecule has 0 heterocycles. The third kappa shape index (κ3) is 13.8. The molecular weight excluding hydrogens is 206 g/mol. The van der Waals surface area contributed by atoms with Crippen molar-refractivity contribution < 1.29 is 14.2 Å². The summed E-state index contributed by atoms with van der Waals surface area (Å²) in [4.78, 5) is 0. The van der Waals surface area contributed by atoms with Crippen molar-refractivity contribution in [3.05, 3.63) is 0 Å². The molecule has 0 saturated carbocycles. The molecule has 16 heavy (non-hydrogen) atoms. The minimum Gasteiger partial charge on any atom is -0.379 e. The van der Waals surface area contributed by atoms with E-state index in [0.717, 1.165) is 13.0 Å². The SMILES string of the molecule is CCCOCCOCCOCNC(C)(C)C. The third-order valence-electron chi connectivity index (χ3n) is 1.80. The largest absolute Gasteiger partial charge is 0.379 e. The van der Waals surface area contributed by atoms with Crippen LogP contribution in [-0.2, 0) is 14.2 Å². The Balaban J connectivity index is 2.99. The molecule has 0 aromatic rings. The summed E-state index contributed by atoms with van der Waals surface area (Å²) in [5.41, 5.74) is 0.106. The molecule has 0 aliphatic rings. The van der Waals surface area contributed by atoms with Crippen LogP contribution in [0.2, 0.25) is 0 Å². The van der Waals surface area contributed by atoms with E-state index in [-0.39, 0.29) is 5.54 Å². The molecule has 0 rings (SSSR count). The maximum Gasteiger partial charge on any atom is 0.0970 e. The first kappa shape index (κ1) is 15.8. The summed E-state index contributed by atoms with van der Waals surface area (Å²) in [7, 11) is 0. The Bertz CT molecular complexity index is 146. The number of hydrogen-bond donors (Lipinski definition) is 1. The first-order chi connectivity index (χ1) is 7.56. The molecule has 0 fully saturated rings. The highest BCUT2D eigenvalue weighted by molar-refractivity contribution is 4.67. The van der Waals surface area contributed by atoms with Crippen LogP contribution in [-0.4, -0.2) is 45.3 Å². The Hall–Kier alpha value is -0.160. The summed E-state index contributed by atoms with van der Waals surface area (Å²) in [6.45, 7) is 12.4. The van der Waals surface area contributed by atoms with Gasteiger partial charge in [0.2, 0.25) is 0 Å². The number of ether oxygens (including phenoxy) is 3. The summed E-state index contributed by atoms with van der Waals surface area (Å²) >= 11 is 0. The van der Waals surface area contributed by atoms with Crippen molar-refractivity contribution in [1.29, 1.82) is 0 Å². The second kappa shape index (κ2) is 10.0. The van der Waals surface area contributed by atoms with Crippen LogP contribution in [0.25, 0.3) is 0 Å². The Morgan fingerprint density at radius 2 is 1.31 bits per heavy atom. The summed E-state index contributed by atoms with van der Waals surface area (Å²) in [6.07, 6.45) is 1.06. The minimum atomic E-state index is 0.106. The van der Waals surface area contributed by atoms with Gasteiger partial charge in [-0.25, -0.2) is 0 Å². The lowest BCUT2D eigenvalue weighted by Gasteiger charge is -2.20. The summed E-state index contributed by atoms with van der Waals surface area (Å²) < 4.78 is 16.0. The maximum atomic E-state index is 5.36. The Morgan fingerprint density at radius 3 is 1.81 bits per heavy atom. The molecule has 0 aliphatic heterocycles. The van der Waals surface area contributed by atoms with Crippen molar-refractivity contribution in [1.82, 2.24) is 5.32 Å². The van der Waals surface area contributed by atoms with E-state index in [1.807, 2.05) is 0 Å². The normalized spacial score (nSPS) is 12.0. The van der Waals surface area contributed by atoms with E-state index >= 15 is 0 Å². The summed E-state index contributed by atoms with van der Waals surface area (Å²) in [6, 6.07) is 0. The van der Waals surface area contributed by atoms with Crippen molar-refractivity contribution in [2.24, 2.45) is 0 Å². The van der Waals surface area contributed by atoms with Crippen LogP contribution in [0.15, 0.2) is 0 Å². The summed E-state index contributed by atoms with van der Waals surface area (Å²) in [5, 5.41) is 3.24. The van der Waals surface area contributed by atoms with Crippen LogP contribution in [0.5, 0.6) is 0 Å². The molecule has 0 aromatic heterocycles. The van der Waals surface area contributed by atoms with E-state index in [9.17, 15) is 0 Å². The zero-order valence-electron chi connectivity index (χ0n) is 11.2. The third-order valence-corrected chi connectivity index (χ3v) is 1.80. The average Bonchev–Trinajstić information content (AvgIpc) is 2.19. The molecule has 0 spiro atoms. The van der Waals surface area contributed by atoms with E-state index in [2.05, 4.69) is 33.0 Å². The molecule has 0 saturated heterocycles. The fourth-order valence-electron chi connectivity index (χ4n) is 0.924. The van der Waals surface area contributed by atoms with Gasteiger partial charge in [0.15, 0.2) is 0 Å². The molecule has 4 nitrogen and oxygen atoms in total. The Kier molecular flexibility index (Phi) is 9.92. The fraction of sp³-hybridized carbons (Fsp3) is 1.00. The van der Waals surface area contributed by atoms with Crippen LogP contribution in [0.1, 0.15) is 34.1 Å². The number of hydrogen-bond acceptors (Lipinski definition) is 4. The number of rotatable bonds is 10. The molecule has 0 atom stereocenters. The van der Waals surface area contributed by atoms with Crippen molar-refractivity contribution in [2.75, 3.05) is 39.8 Å². The summed E-state index contributed by atoms with van der Waals surface area (Å²) in [5.74, 6) is 0. The van der Waals surface area contributed by atoms with Crippen LogP contribution >= 0.6 is 0 Å². The molecule has 0 amide bonds. The standard InChI is InChI=1S/C12H27NO3/c1-5-6-14-7-8-15-9-10-16-11-13-12(2,3)4/h13H,5-11H2,1-4H3. The second-order valence-electron chi connectivity index (χ2n) is 4.70. The lowest BCUT2D eigenvalue weighted by molar-refractivity contribution is 0.00764. The molecule has 1 N–H and O–H groups in total. The van der Waals surface area contributed by atoms with Crippen LogP contribution < -0.4 is 5.32 Å². The van der Waals surface area contributed by atoms with Crippen LogP contribution in [0.3, 0.4) is 0 Å². The lowest BCUT2D eigenvalue weighted by Crippen LogP contribution is -2.37. The van der Waals surface area contributed by atoms with E-state index in [1.165, 1.54) is 0 Å². The van der Waals surface area contributed by atoms with Gasteiger partial charge in [-0.05, 0) is 27.2 Å². The van der Waals surface area contributed by atoms with Crippen LogP contribution in [0, 0.1) is 0 Å². The van der Waals surface area contributed by atoms with Gasteiger partial charge >= 0.3 is 0 Å². The molecule has 0 aromatic carbocycles. The molecule has 4 heteroatoms. The number of nitrogens with one attached hydrogen (secondary N) is 1. The van der Waals surface area contributed by atoms with Gasteiger partial charge in [-0.1, -0.05) is 6.92 Å². The van der Waals surface area contributed by atoms with E-state index in [4.69, 9.17) is 14.2 Å². The van der Waals surface area contributed by atoms with Gasteiger partial charge in [-0.2, -0.15) is 0 Å². The van der Waals surface area contributed by atoms with E-state index in [1.54, 1.807) is 0 Å². The molecule has 0 radical (unpaired) electrons. The molecule has 0 unspecified atom stereocenters. The van der Waals surface area contributed by atoms with Gasteiger partial charge in [0.25, 0.3) is 0 Å². The molecule has 0 bridgehead atoms. The van der Waals surface area contributed by atoms with Crippen molar-refractivity contribution in [3.8, 4) is 0 Å². The average molecular weight is 233 g/mol. The predicted octanol–water partition coefficient (Wildman–Crippen LogP) is 1.79. The van der Waals surface area contributed by atoms with Gasteiger partial charge in [-0.3, -0.25) is 5.32 Å². The molecule has 98 valence electrons. The lowest BCUT2D eigenvalue weighted by atomic mass is 10.1. The van der Waals surface area contributed by atoms with Gasteiger partial charge in [-0.15, -0.1) is 0 Å². The fourth-order valence-corrected chi connectivity index (χ4v) is 0.924. The monoisotopic (exact) mass is 233 g/mol. The van der Waals surface area contributed by atoms with Gasteiger partial charge in [0, 0.05) is 12.1 Å². The minimum absolute atomic E-state index is 0.106. The van der Waals surface area contributed by atoms with E-state index in [0.29, 0.717) is 33.2 Å². The van der Waals surface area contributed by atoms with Gasteiger partial charge in [0.1, 0.15) is 0 Å². The predicted molar refractivity (Wildman–Crippen MR) is 65.6 cm³/mol. The smallest absolute Gasteiger partial charge is 0.0970 e. The first-order valence-corrected chi connectivity index (χ1v) is 6.04. The zero-order chi connectivity index (χ0) is 12.3. The maximum absolute atomic E-state index is 5.36. The molecular formula is C12H27NO3. The van der Waals surface area contributed by atoms with Crippen molar-refractivity contribution in [3.63, 3.8) is 0 Å². The van der Waals surface area contributed by atoms with E-state index < -0.39 is 0 Å². The highest BCUT2D eigenvalue weighted by Gasteiger charge is 2.06. The second-order valence-corrected chi connectivity index (χ2v) is 4.70. The van der Waals surface area contributed by atoms with Crippen molar-refractivity contribution in [2.45, 2.75) is 39.7 Å². The Labute approximate surface area is 99.6 Å². The van der Waals surface area contributed by atoms with Gasteiger partial charge in [0.05, 0.1) is 33.2 Å². The van der Waals surface area contributed by atoms with Crippen molar-refractivity contribution >= 4 is 0 Å². The van der Waals surface area contributed by atoms with Gasteiger partial charge < -0.3 is 14.2 Å². The molecule has 0 aliphatic carbocycles. The zero-order valence-corrected chi connectivity index (χ0v) is 11.2. The van der Waals surface area contributed by atoms with Crippen LogP contribution in [0.4, 0.5) is 0 Å². The first-order valence-electron chi connectivity index (χ1n) is 6.04. The highest BCUT2D eigenvalue weighted by atomic mass is 16.5. The highest BCUT2D eigenvalue weighted by Crippen LogP contribution is 1.96.